The number of rotatable bonds is 6. The van der Waals surface area contributed by atoms with E-state index in [4.69, 9.17) is 5.11 Å². The van der Waals surface area contributed by atoms with Gasteiger partial charge in [-0.3, -0.25) is 14.5 Å². The Morgan fingerprint density at radius 1 is 1.41 bits per heavy atom. The summed E-state index contributed by atoms with van der Waals surface area (Å²) in [6.45, 7) is 0.634. The molecule has 0 saturated carbocycles. The molecule has 0 aromatic heterocycles. The van der Waals surface area contributed by atoms with Crippen LogP contribution in [0.15, 0.2) is 24.3 Å². The number of hydrogen-bond donors (Lipinski definition) is 2. The van der Waals surface area contributed by atoms with Crippen molar-refractivity contribution < 1.29 is 19.1 Å². The van der Waals surface area contributed by atoms with E-state index in [0.717, 1.165) is 24.9 Å². The molecule has 7 heteroatoms. The van der Waals surface area contributed by atoms with Gasteiger partial charge in [-0.15, -0.1) is 12.4 Å². The molecule has 1 amide bonds. The lowest BCUT2D eigenvalue weighted by molar-refractivity contribution is -0.138. The van der Waals surface area contributed by atoms with E-state index in [9.17, 15) is 14.0 Å². The van der Waals surface area contributed by atoms with Crippen LogP contribution in [-0.2, 0) is 16.0 Å². The molecule has 0 aliphatic carbocycles. The van der Waals surface area contributed by atoms with E-state index in [1.807, 2.05) is 11.0 Å². The number of nitrogens with one attached hydrogen (secondary N) is 1. The van der Waals surface area contributed by atoms with Crippen LogP contribution in [0.2, 0.25) is 0 Å². The normalized spacial score (nSPS) is 17.8. The van der Waals surface area contributed by atoms with Gasteiger partial charge in [-0.25, -0.2) is 4.39 Å². The largest absolute Gasteiger partial charge is 0.480 e. The number of carboxylic acids is 1. The number of benzene rings is 1. The predicted molar refractivity (Wildman–Crippen MR) is 82.6 cm³/mol. The zero-order valence-corrected chi connectivity index (χ0v) is 12.9. The quantitative estimate of drug-likeness (QED) is 0.828. The van der Waals surface area contributed by atoms with Crippen molar-refractivity contribution in [2.45, 2.75) is 25.3 Å². The minimum absolute atomic E-state index is 0. The first-order valence-electron chi connectivity index (χ1n) is 7.01. The lowest BCUT2D eigenvalue weighted by atomic mass is 10.0. The molecule has 2 N–H and O–H groups in total. The Morgan fingerprint density at radius 3 is 2.86 bits per heavy atom. The summed E-state index contributed by atoms with van der Waals surface area (Å²) in [5.74, 6) is -1.60. The van der Waals surface area contributed by atoms with E-state index in [2.05, 4.69) is 5.32 Å². The molecular formula is C15H20ClFN2O3. The Kier molecular flexibility index (Phi) is 7.27. The van der Waals surface area contributed by atoms with Crippen LogP contribution in [0.25, 0.3) is 0 Å². The number of carbonyl (C=O) groups excluding carboxylic acids is 1. The van der Waals surface area contributed by atoms with Gasteiger partial charge in [0.1, 0.15) is 12.4 Å². The fourth-order valence-corrected chi connectivity index (χ4v) is 2.69. The summed E-state index contributed by atoms with van der Waals surface area (Å²) in [7, 11) is 0. The lowest BCUT2D eigenvalue weighted by Gasteiger charge is -2.23. The number of likely N-dealkylation sites (tertiary alicyclic amines) is 1. The van der Waals surface area contributed by atoms with Gasteiger partial charge in [-0.05, 0) is 43.5 Å². The van der Waals surface area contributed by atoms with Crippen LogP contribution in [0.1, 0.15) is 18.4 Å². The second-order valence-corrected chi connectivity index (χ2v) is 5.27. The fraction of sp³-hybridized carbons (Fsp3) is 0.467. The average Bonchev–Trinajstić information content (AvgIpc) is 2.84. The first-order valence-corrected chi connectivity index (χ1v) is 7.01. The predicted octanol–water partition coefficient (Wildman–Crippen LogP) is 1.46. The van der Waals surface area contributed by atoms with Crippen molar-refractivity contribution in [3.8, 4) is 0 Å². The number of carbonyl (C=O) groups is 2. The van der Waals surface area contributed by atoms with Gasteiger partial charge in [-0.2, -0.15) is 0 Å². The van der Waals surface area contributed by atoms with Crippen LogP contribution in [-0.4, -0.2) is 47.6 Å². The van der Waals surface area contributed by atoms with Crippen molar-refractivity contribution in [2.24, 2.45) is 0 Å². The molecule has 22 heavy (non-hydrogen) atoms. The highest BCUT2D eigenvalue weighted by Gasteiger charge is 2.26. The SMILES string of the molecule is Cl.O=C(O)CNC(=O)CN1CCCC1Cc1cccc(F)c1. The third kappa shape index (κ3) is 5.61. The zero-order valence-electron chi connectivity index (χ0n) is 12.1. The van der Waals surface area contributed by atoms with Gasteiger partial charge < -0.3 is 10.4 Å². The molecule has 0 spiro atoms. The third-order valence-corrected chi connectivity index (χ3v) is 3.64. The Morgan fingerprint density at radius 2 is 2.18 bits per heavy atom. The highest BCUT2D eigenvalue weighted by Crippen LogP contribution is 2.21. The van der Waals surface area contributed by atoms with Gasteiger partial charge in [0.2, 0.25) is 5.91 Å². The van der Waals surface area contributed by atoms with E-state index < -0.39 is 5.97 Å². The summed E-state index contributed by atoms with van der Waals surface area (Å²) >= 11 is 0. The molecule has 1 heterocycles. The van der Waals surface area contributed by atoms with E-state index in [0.29, 0.717) is 6.42 Å². The number of aliphatic carboxylic acids is 1. The number of carboxylic acid groups (broad SMARTS) is 1. The molecule has 1 aromatic carbocycles. The highest BCUT2D eigenvalue weighted by atomic mass is 35.5. The molecule has 0 bridgehead atoms. The maximum absolute atomic E-state index is 13.2. The van der Waals surface area contributed by atoms with Gasteiger partial charge in [0.25, 0.3) is 0 Å². The molecule has 122 valence electrons. The maximum atomic E-state index is 13.2. The van der Waals surface area contributed by atoms with Crippen LogP contribution in [0.4, 0.5) is 4.39 Å². The van der Waals surface area contributed by atoms with Crippen LogP contribution in [0, 0.1) is 5.82 Å². The second-order valence-electron chi connectivity index (χ2n) is 5.27. The first kappa shape index (κ1) is 18.4. The topological polar surface area (TPSA) is 69.6 Å². The van der Waals surface area contributed by atoms with Crippen LogP contribution in [0.3, 0.4) is 0 Å². The van der Waals surface area contributed by atoms with E-state index in [1.54, 1.807) is 6.07 Å². The number of hydrogen-bond acceptors (Lipinski definition) is 3. The van der Waals surface area contributed by atoms with Gasteiger partial charge in [0.15, 0.2) is 0 Å². The molecule has 2 rings (SSSR count). The van der Waals surface area contributed by atoms with Gasteiger partial charge in [-0.1, -0.05) is 12.1 Å². The van der Waals surface area contributed by atoms with E-state index in [1.165, 1.54) is 12.1 Å². The third-order valence-electron chi connectivity index (χ3n) is 3.64. The van der Waals surface area contributed by atoms with Gasteiger partial charge in [0.05, 0.1) is 6.54 Å². The monoisotopic (exact) mass is 330 g/mol. The smallest absolute Gasteiger partial charge is 0.322 e. The van der Waals surface area contributed by atoms with Crippen molar-refractivity contribution in [2.75, 3.05) is 19.6 Å². The Labute approximate surface area is 134 Å². The average molecular weight is 331 g/mol. The second kappa shape index (κ2) is 8.70. The molecule has 5 nitrogen and oxygen atoms in total. The summed E-state index contributed by atoms with van der Waals surface area (Å²) in [5, 5.41) is 10.9. The zero-order chi connectivity index (χ0) is 15.2. The van der Waals surface area contributed by atoms with Crippen molar-refractivity contribution in [1.29, 1.82) is 0 Å². The number of nitrogens with zero attached hydrogens (tertiary/aromatic N) is 1. The molecule has 1 unspecified atom stereocenters. The van der Waals surface area contributed by atoms with Crippen LogP contribution in [0.5, 0.6) is 0 Å². The number of amides is 1. The summed E-state index contributed by atoms with van der Waals surface area (Å²) in [6.07, 6.45) is 2.65. The summed E-state index contributed by atoms with van der Waals surface area (Å²) in [6, 6.07) is 6.69. The molecule has 1 aliphatic heterocycles. The van der Waals surface area contributed by atoms with E-state index >= 15 is 0 Å². The summed E-state index contributed by atoms with van der Waals surface area (Å²) < 4.78 is 13.2. The van der Waals surface area contributed by atoms with Gasteiger partial charge >= 0.3 is 5.97 Å². The molecule has 1 aromatic rings. The summed E-state index contributed by atoms with van der Waals surface area (Å²) in [5.41, 5.74) is 0.915. The molecule has 1 saturated heterocycles. The molecule has 0 radical (unpaired) electrons. The standard InChI is InChI=1S/C15H19FN2O3.ClH/c16-12-4-1-3-11(7-12)8-13-5-2-6-18(13)10-14(19)17-9-15(20)21;/h1,3-4,7,13H,2,5-6,8-10H2,(H,17,19)(H,20,21);1H. The lowest BCUT2D eigenvalue weighted by Crippen LogP contribution is -2.42. The van der Waals surface area contributed by atoms with Gasteiger partial charge in [0, 0.05) is 6.04 Å². The molecule has 1 aliphatic rings. The molecule has 1 atom stereocenters. The van der Waals surface area contributed by atoms with Crippen molar-refractivity contribution in [1.82, 2.24) is 10.2 Å². The number of halogens is 2. The Hall–Kier alpha value is -1.66. The Bertz CT molecular complexity index is 527. The molecule has 1 fully saturated rings. The minimum Gasteiger partial charge on any atom is -0.480 e. The minimum atomic E-state index is -1.05. The van der Waals surface area contributed by atoms with Crippen molar-refractivity contribution >= 4 is 24.3 Å². The van der Waals surface area contributed by atoms with E-state index in [-0.39, 0.29) is 43.3 Å². The maximum Gasteiger partial charge on any atom is 0.322 e. The Balaban J connectivity index is 0.00000242. The highest BCUT2D eigenvalue weighted by molar-refractivity contribution is 5.85. The first-order chi connectivity index (χ1) is 10.0. The summed E-state index contributed by atoms with van der Waals surface area (Å²) in [4.78, 5) is 24.1. The van der Waals surface area contributed by atoms with Crippen LogP contribution >= 0.6 is 12.4 Å². The fourth-order valence-electron chi connectivity index (χ4n) is 2.69. The van der Waals surface area contributed by atoms with Crippen molar-refractivity contribution in [3.05, 3.63) is 35.6 Å². The van der Waals surface area contributed by atoms with Crippen LogP contribution < -0.4 is 5.32 Å². The van der Waals surface area contributed by atoms with Crippen molar-refractivity contribution in [3.63, 3.8) is 0 Å². The molecular weight excluding hydrogens is 311 g/mol.